The molecule has 1 heterocycles. The molecule has 1 aliphatic heterocycles. The Bertz CT molecular complexity index is 332. The van der Waals surface area contributed by atoms with Crippen molar-refractivity contribution in [2.75, 3.05) is 13.1 Å². The minimum Gasteiger partial charge on any atom is -0.481 e. The van der Waals surface area contributed by atoms with E-state index < -0.39 is 5.97 Å². The average Bonchev–Trinajstić information content (AvgIpc) is 3.05. The first-order chi connectivity index (χ1) is 8.59. The molecule has 0 radical (unpaired) electrons. The summed E-state index contributed by atoms with van der Waals surface area (Å²) in [4.78, 5) is 24.8. The second-order valence-electron chi connectivity index (χ2n) is 5.80. The standard InChI is InChI=1S/C14H23NO3/c1-2-3-4-5-12(16)15-8-6-14(7-9-15)10-11(14)13(17)18/h11H,2-10H2,1H3,(H,17,18). The lowest BCUT2D eigenvalue weighted by Crippen LogP contribution is -2.39. The Morgan fingerprint density at radius 2 is 1.94 bits per heavy atom. The average molecular weight is 253 g/mol. The molecule has 2 aliphatic rings. The largest absolute Gasteiger partial charge is 0.481 e. The molecule has 1 saturated carbocycles. The molecule has 0 aromatic carbocycles. The van der Waals surface area contributed by atoms with Crippen LogP contribution in [0.4, 0.5) is 0 Å². The summed E-state index contributed by atoms with van der Waals surface area (Å²) in [5, 5.41) is 9.01. The highest BCUT2D eigenvalue weighted by Gasteiger charge is 2.59. The second-order valence-corrected chi connectivity index (χ2v) is 5.80. The molecule has 1 aliphatic carbocycles. The van der Waals surface area contributed by atoms with E-state index in [2.05, 4.69) is 6.92 Å². The van der Waals surface area contributed by atoms with Crippen molar-refractivity contribution in [2.24, 2.45) is 11.3 Å². The first kappa shape index (κ1) is 13.4. The maximum Gasteiger partial charge on any atom is 0.307 e. The van der Waals surface area contributed by atoms with Crippen molar-refractivity contribution in [1.82, 2.24) is 4.90 Å². The number of aliphatic carboxylic acids is 1. The lowest BCUT2D eigenvalue weighted by molar-refractivity contribution is -0.139. The smallest absolute Gasteiger partial charge is 0.307 e. The fourth-order valence-electron chi connectivity index (χ4n) is 3.14. The van der Waals surface area contributed by atoms with Gasteiger partial charge in [0, 0.05) is 19.5 Å². The van der Waals surface area contributed by atoms with Gasteiger partial charge in [0.2, 0.25) is 5.91 Å². The first-order valence-electron chi connectivity index (χ1n) is 7.09. The first-order valence-corrected chi connectivity index (χ1v) is 7.09. The molecule has 1 spiro atoms. The molecule has 1 N–H and O–H groups in total. The molecule has 1 atom stereocenters. The highest BCUT2D eigenvalue weighted by molar-refractivity contribution is 5.77. The lowest BCUT2D eigenvalue weighted by atomic mass is 9.90. The quantitative estimate of drug-likeness (QED) is 0.765. The molecule has 1 unspecified atom stereocenters. The Labute approximate surface area is 108 Å². The fourth-order valence-corrected chi connectivity index (χ4v) is 3.14. The van der Waals surface area contributed by atoms with Crippen LogP contribution in [-0.2, 0) is 9.59 Å². The summed E-state index contributed by atoms with van der Waals surface area (Å²) in [6.07, 6.45) is 6.46. The molecule has 2 rings (SSSR count). The van der Waals surface area contributed by atoms with E-state index in [-0.39, 0.29) is 17.2 Å². The van der Waals surface area contributed by atoms with Crippen LogP contribution in [-0.4, -0.2) is 35.0 Å². The minimum atomic E-state index is -0.655. The highest BCUT2D eigenvalue weighted by atomic mass is 16.4. The minimum absolute atomic E-state index is 0.0338. The number of hydrogen-bond acceptors (Lipinski definition) is 2. The van der Waals surface area contributed by atoms with E-state index in [0.29, 0.717) is 6.42 Å². The monoisotopic (exact) mass is 253 g/mol. The number of rotatable bonds is 5. The van der Waals surface area contributed by atoms with Gasteiger partial charge in [-0.1, -0.05) is 19.8 Å². The van der Waals surface area contributed by atoms with Crippen molar-refractivity contribution in [2.45, 2.75) is 51.9 Å². The van der Waals surface area contributed by atoms with Gasteiger partial charge in [-0.05, 0) is 31.1 Å². The predicted octanol–water partition coefficient (Wildman–Crippen LogP) is 2.28. The lowest BCUT2D eigenvalue weighted by Gasteiger charge is -2.32. The number of carbonyl (C=O) groups excluding carboxylic acids is 1. The molecule has 4 nitrogen and oxygen atoms in total. The molecule has 18 heavy (non-hydrogen) atoms. The summed E-state index contributed by atoms with van der Waals surface area (Å²) < 4.78 is 0. The Balaban J connectivity index is 1.74. The van der Waals surface area contributed by atoms with Crippen LogP contribution in [0.5, 0.6) is 0 Å². The molecule has 0 bridgehead atoms. The van der Waals surface area contributed by atoms with Crippen LogP contribution in [0.15, 0.2) is 0 Å². The number of nitrogens with zero attached hydrogens (tertiary/aromatic N) is 1. The van der Waals surface area contributed by atoms with Crippen molar-refractivity contribution in [3.8, 4) is 0 Å². The van der Waals surface area contributed by atoms with Gasteiger partial charge >= 0.3 is 5.97 Å². The fraction of sp³-hybridized carbons (Fsp3) is 0.857. The van der Waals surface area contributed by atoms with Gasteiger partial charge in [0.25, 0.3) is 0 Å². The van der Waals surface area contributed by atoms with Gasteiger partial charge in [-0.3, -0.25) is 9.59 Å². The van der Waals surface area contributed by atoms with Crippen LogP contribution in [0.2, 0.25) is 0 Å². The van der Waals surface area contributed by atoms with Gasteiger partial charge in [0.05, 0.1) is 5.92 Å². The zero-order valence-corrected chi connectivity index (χ0v) is 11.2. The zero-order valence-electron chi connectivity index (χ0n) is 11.2. The van der Waals surface area contributed by atoms with Crippen LogP contribution >= 0.6 is 0 Å². The molecule has 0 aromatic heterocycles. The van der Waals surface area contributed by atoms with Crippen LogP contribution in [0.25, 0.3) is 0 Å². The maximum atomic E-state index is 11.9. The number of carboxylic acids is 1. The molecular weight excluding hydrogens is 230 g/mol. The Hall–Kier alpha value is -1.06. The molecule has 4 heteroatoms. The number of likely N-dealkylation sites (tertiary alicyclic amines) is 1. The van der Waals surface area contributed by atoms with E-state index in [0.717, 1.165) is 51.6 Å². The second kappa shape index (κ2) is 5.29. The summed E-state index contributed by atoms with van der Waals surface area (Å²) in [6, 6.07) is 0. The van der Waals surface area contributed by atoms with Crippen LogP contribution in [0.1, 0.15) is 51.9 Å². The number of piperidine rings is 1. The number of unbranched alkanes of at least 4 members (excludes halogenated alkanes) is 2. The number of carbonyl (C=O) groups is 2. The molecule has 102 valence electrons. The zero-order chi connectivity index (χ0) is 13.2. The van der Waals surface area contributed by atoms with E-state index >= 15 is 0 Å². The summed E-state index contributed by atoms with van der Waals surface area (Å²) >= 11 is 0. The van der Waals surface area contributed by atoms with Crippen molar-refractivity contribution in [3.63, 3.8) is 0 Å². The number of hydrogen-bond donors (Lipinski definition) is 1. The Kier molecular flexibility index (Phi) is 3.93. The summed E-state index contributed by atoms with van der Waals surface area (Å²) in [5.41, 5.74) is 0.0338. The molecule has 1 saturated heterocycles. The van der Waals surface area contributed by atoms with Gasteiger partial charge in [0.1, 0.15) is 0 Å². The van der Waals surface area contributed by atoms with E-state index in [1.165, 1.54) is 0 Å². The van der Waals surface area contributed by atoms with Crippen LogP contribution in [0.3, 0.4) is 0 Å². The third-order valence-electron chi connectivity index (χ3n) is 4.59. The van der Waals surface area contributed by atoms with Crippen molar-refractivity contribution < 1.29 is 14.7 Å². The van der Waals surface area contributed by atoms with Crippen molar-refractivity contribution >= 4 is 11.9 Å². The number of carboxylic acid groups (broad SMARTS) is 1. The van der Waals surface area contributed by atoms with E-state index in [4.69, 9.17) is 5.11 Å². The molecule has 1 amide bonds. The van der Waals surface area contributed by atoms with E-state index in [9.17, 15) is 9.59 Å². The third kappa shape index (κ3) is 2.68. The van der Waals surface area contributed by atoms with E-state index in [1.54, 1.807) is 0 Å². The Morgan fingerprint density at radius 1 is 1.28 bits per heavy atom. The summed E-state index contributed by atoms with van der Waals surface area (Å²) in [5.74, 6) is -0.543. The van der Waals surface area contributed by atoms with Gasteiger partial charge < -0.3 is 10.0 Å². The van der Waals surface area contributed by atoms with Crippen molar-refractivity contribution in [1.29, 1.82) is 0 Å². The topological polar surface area (TPSA) is 57.6 Å². The predicted molar refractivity (Wildman–Crippen MR) is 68.1 cm³/mol. The summed E-state index contributed by atoms with van der Waals surface area (Å²) in [6.45, 7) is 3.65. The molecule has 2 fully saturated rings. The van der Waals surface area contributed by atoms with Gasteiger partial charge in [-0.2, -0.15) is 0 Å². The van der Waals surface area contributed by atoms with E-state index in [1.807, 2.05) is 4.90 Å². The highest BCUT2D eigenvalue weighted by Crippen LogP contribution is 2.59. The van der Waals surface area contributed by atoms with Crippen molar-refractivity contribution in [3.05, 3.63) is 0 Å². The normalized spacial score (nSPS) is 25.2. The molecular formula is C14H23NO3. The van der Waals surface area contributed by atoms with Gasteiger partial charge in [0.15, 0.2) is 0 Å². The Morgan fingerprint density at radius 3 is 2.44 bits per heavy atom. The van der Waals surface area contributed by atoms with Crippen LogP contribution in [0, 0.1) is 11.3 Å². The maximum absolute atomic E-state index is 11.9. The van der Waals surface area contributed by atoms with Gasteiger partial charge in [-0.25, -0.2) is 0 Å². The SMILES string of the molecule is CCCCCC(=O)N1CCC2(CC1)CC2C(=O)O. The number of amides is 1. The van der Waals surface area contributed by atoms with Gasteiger partial charge in [-0.15, -0.1) is 0 Å². The third-order valence-corrected chi connectivity index (χ3v) is 4.59. The molecule has 0 aromatic rings. The van der Waals surface area contributed by atoms with Crippen LogP contribution < -0.4 is 0 Å². The summed E-state index contributed by atoms with van der Waals surface area (Å²) in [7, 11) is 0.